The van der Waals surface area contributed by atoms with E-state index in [1.165, 1.54) is 20.8 Å². The number of primary amides is 1. The highest BCUT2D eigenvalue weighted by molar-refractivity contribution is 5.99. The molecule has 1 aliphatic heterocycles. The molecule has 0 aromatic heterocycles. The maximum atomic E-state index is 13.6. The number of carbonyl (C=O) groups is 10. The molecule has 0 bridgehead atoms. The van der Waals surface area contributed by atoms with Crippen LogP contribution in [0.2, 0.25) is 0 Å². The Kier molecular flexibility index (Phi) is 22.5. The number of aliphatic carboxylic acids is 1. The molecule has 1 rings (SSSR count). The molecule has 0 radical (unpaired) electrons. The molecule has 0 unspecified atom stereocenters. The molecular weight excluding hydrogens is 816 g/mol. The van der Waals surface area contributed by atoms with Gasteiger partial charge in [0.2, 0.25) is 53.2 Å². The van der Waals surface area contributed by atoms with Gasteiger partial charge >= 0.3 is 5.97 Å². The standard InChI is InChI=1S/C39H68N10O13/c1-17(2)13-23(40)33(55)44-24(15-28(41)52)38(60)49-12-10-11-27(49)35(57)46-26(16-50)34(56)47-29(19(5)6)36(58)43-20(7)31(53)42-21(8)32(54)48-30(22(9)51)37(59)45-25(39(61)62)14-18(3)4/h17-27,29-30,50-51H,10-16,40H2,1-9H3,(H2,41,52)(H,42,53)(H,43,58)(H,44,55)(H,45,59)(H,46,57)(H,47,56)(H,48,54)(H,61,62)/t20-,21-,22+,23-,24-,25-,26-,27-,29-,30-/m0/s1. The third-order valence-corrected chi connectivity index (χ3v) is 9.87. The fourth-order valence-corrected chi connectivity index (χ4v) is 6.46. The number of aliphatic hydroxyl groups excluding tert-OH is 2. The van der Waals surface area contributed by atoms with Gasteiger partial charge in [0.25, 0.3) is 0 Å². The number of aliphatic hydroxyl groups is 2. The highest BCUT2D eigenvalue weighted by Gasteiger charge is 2.40. The monoisotopic (exact) mass is 884 g/mol. The minimum Gasteiger partial charge on any atom is -0.480 e. The Morgan fingerprint density at radius 2 is 1.13 bits per heavy atom. The molecule has 0 spiro atoms. The summed E-state index contributed by atoms with van der Waals surface area (Å²) >= 11 is 0. The van der Waals surface area contributed by atoms with E-state index in [2.05, 4.69) is 37.2 Å². The number of rotatable bonds is 25. The summed E-state index contributed by atoms with van der Waals surface area (Å²) in [5, 5.41) is 46.4. The summed E-state index contributed by atoms with van der Waals surface area (Å²) in [6.07, 6.45) is -1.15. The van der Waals surface area contributed by atoms with Crippen molar-refractivity contribution in [3.05, 3.63) is 0 Å². The Bertz CT molecular complexity index is 1620. The average Bonchev–Trinajstić information content (AvgIpc) is 3.66. The second-order valence-corrected chi connectivity index (χ2v) is 16.8. The molecule has 1 aliphatic rings. The van der Waals surface area contributed by atoms with Crippen LogP contribution in [0, 0.1) is 17.8 Å². The molecule has 0 aromatic rings. The van der Waals surface area contributed by atoms with E-state index in [9.17, 15) is 63.3 Å². The zero-order chi connectivity index (χ0) is 47.8. The second-order valence-electron chi connectivity index (χ2n) is 16.8. The molecule has 0 aliphatic carbocycles. The lowest BCUT2D eigenvalue weighted by molar-refractivity contribution is -0.143. The number of likely N-dealkylation sites (tertiary alicyclic amines) is 1. The van der Waals surface area contributed by atoms with Gasteiger partial charge in [0.15, 0.2) is 0 Å². The van der Waals surface area contributed by atoms with E-state index in [1.54, 1.807) is 27.7 Å². The SMILES string of the molecule is CC(C)C[C@H](NC(=O)[C@@H](NC(=O)[C@H](C)NC(=O)[C@H](C)NC(=O)[C@@H](NC(=O)[C@H](CO)NC(=O)[C@@H]1CCCN1C(=O)[C@H](CC(N)=O)NC(=O)[C@@H](N)CC(C)C)C(C)C)[C@@H](C)O)C(=O)O. The van der Waals surface area contributed by atoms with Crippen molar-refractivity contribution >= 4 is 59.1 Å². The van der Waals surface area contributed by atoms with Gasteiger partial charge in [-0.15, -0.1) is 0 Å². The van der Waals surface area contributed by atoms with Crippen molar-refractivity contribution in [1.82, 2.24) is 42.1 Å². The van der Waals surface area contributed by atoms with Crippen LogP contribution in [0.1, 0.15) is 94.4 Å². The molecule has 10 atom stereocenters. The fraction of sp³-hybridized carbons (Fsp3) is 0.744. The molecule has 0 saturated carbocycles. The Balaban J connectivity index is 2.97. The van der Waals surface area contributed by atoms with Gasteiger partial charge in [-0.2, -0.15) is 0 Å². The number of carboxylic acids is 1. The number of nitrogens with one attached hydrogen (secondary N) is 7. The van der Waals surface area contributed by atoms with E-state index in [-0.39, 0.29) is 31.2 Å². The molecule has 1 fully saturated rings. The summed E-state index contributed by atoms with van der Waals surface area (Å²) < 4.78 is 0. The quantitative estimate of drug-likeness (QED) is 0.0414. The number of hydrogen-bond acceptors (Lipinski definition) is 13. The summed E-state index contributed by atoms with van der Waals surface area (Å²) in [6.45, 7) is 13.2. The van der Waals surface area contributed by atoms with Crippen LogP contribution in [-0.4, -0.2) is 153 Å². The maximum Gasteiger partial charge on any atom is 0.326 e. The van der Waals surface area contributed by atoms with Gasteiger partial charge < -0.3 is 68.9 Å². The largest absolute Gasteiger partial charge is 0.480 e. The summed E-state index contributed by atoms with van der Waals surface area (Å²) in [5.74, 6) is -9.71. The summed E-state index contributed by atoms with van der Waals surface area (Å²) in [6, 6.07) is -12.0. The third kappa shape index (κ3) is 17.5. The minimum atomic E-state index is -1.61. The number of carbonyl (C=O) groups excluding carboxylic acids is 9. The molecule has 62 heavy (non-hydrogen) atoms. The van der Waals surface area contributed by atoms with Gasteiger partial charge in [-0.1, -0.05) is 41.5 Å². The van der Waals surface area contributed by atoms with Gasteiger partial charge in [0.05, 0.1) is 25.2 Å². The number of hydrogen-bond donors (Lipinski definition) is 12. The molecular formula is C39H68N10O13. The average molecular weight is 885 g/mol. The van der Waals surface area contributed by atoms with Gasteiger partial charge in [0, 0.05) is 6.54 Å². The first-order valence-electron chi connectivity index (χ1n) is 20.7. The maximum absolute atomic E-state index is 13.6. The van der Waals surface area contributed by atoms with Crippen molar-refractivity contribution in [2.45, 2.75) is 155 Å². The van der Waals surface area contributed by atoms with Crippen LogP contribution in [-0.2, 0) is 47.9 Å². The number of nitrogens with two attached hydrogens (primary N) is 2. The second kappa shape index (κ2) is 25.5. The lowest BCUT2D eigenvalue weighted by atomic mass is 10.0. The summed E-state index contributed by atoms with van der Waals surface area (Å²) in [4.78, 5) is 130. The molecule has 23 nitrogen and oxygen atoms in total. The van der Waals surface area contributed by atoms with Crippen LogP contribution < -0.4 is 48.7 Å². The Hall–Kier alpha value is -5.42. The van der Waals surface area contributed by atoms with Crippen LogP contribution in [0.15, 0.2) is 0 Å². The van der Waals surface area contributed by atoms with E-state index in [1.807, 2.05) is 13.8 Å². The van der Waals surface area contributed by atoms with Crippen molar-refractivity contribution in [2.24, 2.45) is 29.2 Å². The van der Waals surface area contributed by atoms with Gasteiger partial charge in [-0.3, -0.25) is 43.2 Å². The Morgan fingerprint density at radius 3 is 1.61 bits per heavy atom. The topological polar surface area (TPSA) is 371 Å². The Labute approximate surface area is 361 Å². The zero-order valence-corrected chi connectivity index (χ0v) is 37.0. The van der Waals surface area contributed by atoms with Crippen LogP contribution in [0.5, 0.6) is 0 Å². The van der Waals surface area contributed by atoms with E-state index in [0.717, 1.165) is 4.90 Å². The molecule has 9 amide bonds. The number of carboxylic acid groups (broad SMARTS) is 1. The first-order valence-corrected chi connectivity index (χ1v) is 20.7. The van der Waals surface area contributed by atoms with E-state index in [0.29, 0.717) is 12.8 Å². The van der Waals surface area contributed by atoms with Crippen LogP contribution >= 0.6 is 0 Å². The molecule has 1 saturated heterocycles. The summed E-state index contributed by atoms with van der Waals surface area (Å²) in [5.41, 5.74) is 11.3. The van der Waals surface area contributed by atoms with Crippen LogP contribution in [0.25, 0.3) is 0 Å². The number of amides is 9. The van der Waals surface area contributed by atoms with E-state index < -0.39 is 139 Å². The van der Waals surface area contributed by atoms with Gasteiger partial charge in [-0.25, -0.2) is 4.79 Å². The highest BCUT2D eigenvalue weighted by Crippen LogP contribution is 2.20. The lowest BCUT2D eigenvalue weighted by Gasteiger charge is -2.30. The van der Waals surface area contributed by atoms with Crippen molar-refractivity contribution < 1.29 is 63.3 Å². The van der Waals surface area contributed by atoms with Crippen molar-refractivity contribution in [3.8, 4) is 0 Å². The van der Waals surface area contributed by atoms with E-state index >= 15 is 0 Å². The van der Waals surface area contributed by atoms with Crippen molar-refractivity contribution in [3.63, 3.8) is 0 Å². The third-order valence-electron chi connectivity index (χ3n) is 9.87. The molecule has 0 aromatic carbocycles. The Morgan fingerprint density at radius 1 is 0.629 bits per heavy atom. The summed E-state index contributed by atoms with van der Waals surface area (Å²) in [7, 11) is 0. The molecule has 23 heteroatoms. The minimum absolute atomic E-state index is 0.0561. The van der Waals surface area contributed by atoms with Crippen molar-refractivity contribution in [2.75, 3.05) is 13.2 Å². The molecule has 352 valence electrons. The normalized spacial score (nSPS) is 18.2. The predicted octanol–water partition coefficient (Wildman–Crippen LogP) is -4.18. The zero-order valence-electron chi connectivity index (χ0n) is 37.0. The van der Waals surface area contributed by atoms with Crippen LogP contribution in [0.4, 0.5) is 0 Å². The smallest absolute Gasteiger partial charge is 0.326 e. The van der Waals surface area contributed by atoms with Gasteiger partial charge in [0.1, 0.15) is 48.3 Å². The fourth-order valence-electron chi connectivity index (χ4n) is 6.46. The first-order chi connectivity index (χ1) is 28.7. The molecule has 14 N–H and O–H groups in total. The molecule has 1 heterocycles. The van der Waals surface area contributed by atoms with Gasteiger partial charge in [-0.05, 0) is 64.2 Å². The predicted molar refractivity (Wildman–Crippen MR) is 222 cm³/mol. The van der Waals surface area contributed by atoms with Crippen LogP contribution in [0.3, 0.4) is 0 Å². The first kappa shape index (κ1) is 54.6. The lowest BCUT2D eigenvalue weighted by Crippen LogP contribution is -2.61. The highest BCUT2D eigenvalue weighted by atomic mass is 16.4. The van der Waals surface area contributed by atoms with E-state index in [4.69, 9.17) is 11.5 Å². The van der Waals surface area contributed by atoms with Crippen molar-refractivity contribution in [1.29, 1.82) is 0 Å². The number of nitrogens with zero attached hydrogens (tertiary/aromatic N) is 1.